The van der Waals surface area contributed by atoms with Crippen LogP contribution in [0.4, 0.5) is 5.69 Å². The zero-order valence-corrected chi connectivity index (χ0v) is 11.2. The van der Waals surface area contributed by atoms with Crippen molar-refractivity contribution in [1.29, 1.82) is 0 Å². The summed E-state index contributed by atoms with van der Waals surface area (Å²) < 4.78 is 6.04. The quantitative estimate of drug-likeness (QED) is 0.925. The Balaban J connectivity index is 2.32. The SMILES string of the molecule is COc1cccc(N2CC(CN)CC2=O)c1Br. The van der Waals surface area contributed by atoms with E-state index in [4.69, 9.17) is 10.5 Å². The Morgan fingerprint density at radius 1 is 1.59 bits per heavy atom. The summed E-state index contributed by atoms with van der Waals surface area (Å²) in [6.45, 7) is 1.23. The first-order valence-electron chi connectivity index (χ1n) is 5.50. The standard InChI is InChI=1S/C12H15BrN2O2/c1-17-10-4-2-3-9(12(10)13)15-7-8(6-14)5-11(15)16/h2-4,8H,5-7,14H2,1H3. The molecule has 1 aromatic rings. The first kappa shape index (κ1) is 12.4. The van der Waals surface area contributed by atoms with E-state index in [2.05, 4.69) is 15.9 Å². The second-order valence-corrected chi connectivity index (χ2v) is 4.90. The Morgan fingerprint density at radius 2 is 2.35 bits per heavy atom. The van der Waals surface area contributed by atoms with Gasteiger partial charge in [-0.15, -0.1) is 0 Å². The van der Waals surface area contributed by atoms with Gasteiger partial charge in [-0.05, 0) is 40.5 Å². The number of carbonyl (C=O) groups is 1. The monoisotopic (exact) mass is 298 g/mol. The fourth-order valence-corrected chi connectivity index (χ4v) is 2.68. The number of ether oxygens (including phenoxy) is 1. The number of methoxy groups -OCH3 is 1. The van der Waals surface area contributed by atoms with Gasteiger partial charge in [0.15, 0.2) is 0 Å². The van der Waals surface area contributed by atoms with Crippen molar-refractivity contribution in [3.8, 4) is 5.75 Å². The molecule has 0 aliphatic carbocycles. The molecule has 1 atom stereocenters. The third-order valence-electron chi connectivity index (χ3n) is 2.99. The van der Waals surface area contributed by atoms with Gasteiger partial charge in [0.25, 0.3) is 0 Å². The molecule has 92 valence electrons. The summed E-state index contributed by atoms with van der Waals surface area (Å²) in [7, 11) is 1.61. The van der Waals surface area contributed by atoms with Crippen molar-refractivity contribution in [3.05, 3.63) is 22.7 Å². The molecule has 1 heterocycles. The summed E-state index contributed by atoms with van der Waals surface area (Å²) in [5.41, 5.74) is 6.47. The van der Waals surface area contributed by atoms with Crippen LogP contribution in [-0.2, 0) is 4.79 Å². The zero-order valence-electron chi connectivity index (χ0n) is 9.65. The van der Waals surface area contributed by atoms with Gasteiger partial charge in [-0.25, -0.2) is 0 Å². The minimum atomic E-state index is 0.120. The van der Waals surface area contributed by atoms with Crippen LogP contribution in [0.1, 0.15) is 6.42 Å². The molecule has 0 saturated carbocycles. The normalized spacial score (nSPS) is 19.8. The molecular formula is C12H15BrN2O2. The third-order valence-corrected chi connectivity index (χ3v) is 3.79. The van der Waals surface area contributed by atoms with Crippen molar-refractivity contribution in [3.63, 3.8) is 0 Å². The molecule has 4 nitrogen and oxygen atoms in total. The van der Waals surface area contributed by atoms with Crippen LogP contribution >= 0.6 is 15.9 Å². The van der Waals surface area contributed by atoms with E-state index in [1.54, 1.807) is 12.0 Å². The zero-order chi connectivity index (χ0) is 12.4. The summed E-state index contributed by atoms with van der Waals surface area (Å²) >= 11 is 3.47. The largest absolute Gasteiger partial charge is 0.495 e. The number of nitrogens with zero attached hydrogens (tertiary/aromatic N) is 1. The molecule has 1 unspecified atom stereocenters. The molecule has 2 N–H and O–H groups in total. The average Bonchev–Trinajstić information content (AvgIpc) is 2.71. The van der Waals surface area contributed by atoms with Gasteiger partial charge in [-0.1, -0.05) is 6.07 Å². The minimum absolute atomic E-state index is 0.120. The number of anilines is 1. The average molecular weight is 299 g/mol. The van der Waals surface area contributed by atoms with Gasteiger partial charge in [0.1, 0.15) is 5.75 Å². The first-order chi connectivity index (χ1) is 8.17. The highest BCUT2D eigenvalue weighted by Crippen LogP contribution is 2.37. The van der Waals surface area contributed by atoms with Gasteiger partial charge in [0.2, 0.25) is 5.91 Å². The fraction of sp³-hybridized carbons (Fsp3) is 0.417. The topological polar surface area (TPSA) is 55.6 Å². The van der Waals surface area contributed by atoms with Crippen molar-refractivity contribution >= 4 is 27.5 Å². The number of nitrogens with two attached hydrogens (primary N) is 1. The van der Waals surface area contributed by atoms with Crippen molar-refractivity contribution < 1.29 is 9.53 Å². The number of hydrogen-bond acceptors (Lipinski definition) is 3. The molecule has 0 aromatic heterocycles. The lowest BCUT2D eigenvalue weighted by molar-refractivity contribution is -0.117. The maximum Gasteiger partial charge on any atom is 0.227 e. The fourth-order valence-electron chi connectivity index (χ4n) is 2.04. The van der Waals surface area contributed by atoms with Crippen LogP contribution in [0, 0.1) is 5.92 Å². The number of amides is 1. The number of carbonyl (C=O) groups excluding carboxylic acids is 1. The molecule has 0 bridgehead atoms. The summed E-state index contributed by atoms with van der Waals surface area (Å²) in [5.74, 6) is 1.10. The van der Waals surface area contributed by atoms with Crippen LogP contribution in [0.5, 0.6) is 5.75 Å². The number of rotatable bonds is 3. The van der Waals surface area contributed by atoms with E-state index in [9.17, 15) is 4.79 Å². The molecule has 17 heavy (non-hydrogen) atoms. The smallest absolute Gasteiger partial charge is 0.227 e. The van der Waals surface area contributed by atoms with Crippen molar-refractivity contribution in [1.82, 2.24) is 0 Å². The summed E-state index contributed by atoms with van der Waals surface area (Å²) in [4.78, 5) is 13.7. The van der Waals surface area contributed by atoms with E-state index in [1.165, 1.54) is 0 Å². The lowest BCUT2D eigenvalue weighted by Crippen LogP contribution is -2.26. The molecule has 2 rings (SSSR count). The molecule has 1 fully saturated rings. The van der Waals surface area contributed by atoms with Gasteiger partial charge >= 0.3 is 0 Å². The number of halogens is 1. The summed E-state index contributed by atoms with van der Waals surface area (Å²) in [6, 6.07) is 5.64. The van der Waals surface area contributed by atoms with Gasteiger partial charge in [0, 0.05) is 13.0 Å². The molecule has 1 saturated heterocycles. The lowest BCUT2D eigenvalue weighted by atomic mass is 10.1. The number of benzene rings is 1. The Bertz CT molecular complexity index is 437. The maximum absolute atomic E-state index is 11.9. The molecule has 1 amide bonds. The van der Waals surface area contributed by atoms with Gasteiger partial charge in [-0.2, -0.15) is 0 Å². The van der Waals surface area contributed by atoms with Gasteiger partial charge < -0.3 is 15.4 Å². The summed E-state index contributed by atoms with van der Waals surface area (Å²) in [5, 5.41) is 0. The van der Waals surface area contributed by atoms with Crippen LogP contribution in [0.15, 0.2) is 22.7 Å². The van der Waals surface area contributed by atoms with Gasteiger partial charge in [0.05, 0.1) is 17.3 Å². The van der Waals surface area contributed by atoms with Gasteiger partial charge in [-0.3, -0.25) is 4.79 Å². The highest BCUT2D eigenvalue weighted by molar-refractivity contribution is 9.10. The molecule has 1 aliphatic heterocycles. The van der Waals surface area contributed by atoms with Crippen LogP contribution in [0.25, 0.3) is 0 Å². The van der Waals surface area contributed by atoms with E-state index >= 15 is 0 Å². The van der Waals surface area contributed by atoms with E-state index in [-0.39, 0.29) is 11.8 Å². The Kier molecular flexibility index (Phi) is 3.69. The molecular weight excluding hydrogens is 284 g/mol. The predicted molar refractivity (Wildman–Crippen MR) is 70.2 cm³/mol. The van der Waals surface area contributed by atoms with Crippen molar-refractivity contribution in [2.75, 3.05) is 25.1 Å². The van der Waals surface area contributed by atoms with Crippen LogP contribution in [0.2, 0.25) is 0 Å². The Morgan fingerprint density at radius 3 is 2.94 bits per heavy atom. The lowest BCUT2D eigenvalue weighted by Gasteiger charge is -2.19. The van der Waals surface area contributed by atoms with E-state index in [0.29, 0.717) is 19.5 Å². The molecule has 0 radical (unpaired) electrons. The predicted octanol–water partition coefficient (Wildman–Crippen LogP) is 1.77. The summed E-state index contributed by atoms with van der Waals surface area (Å²) in [6.07, 6.45) is 0.528. The van der Waals surface area contributed by atoms with Crippen LogP contribution in [-0.4, -0.2) is 26.1 Å². The molecule has 0 spiro atoms. The van der Waals surface area contributed by atoms with Crippen molar-refractivity contribution in [2.24, 2.45) is 11.7 Å². The van der Waals surface area contributed by atoms with E-state index < -0.39 is 0 Å². The van der Waals surface area contributed by atoms with Crippen molar-refractivity contribution in [2.45, 2.75) is 6.42 Å². The molecule has 1 aliphatic rings. The first-order valence-corrected chi connectivity index (χ1v) is 6.29. The Hall–Kier alpha value is -1.07. The van der Waals surface area contributed by atoms with Crippen LogP contribution < -0.4 is 15.4 Å². The van der Waals surface area contributed by atoms with E-state index in [0.717, 1.165) is 15.9 Å². The minimum Gasteiger partial charge on any atom is -0.495 e. The molecule has 5 heteroatoms. The van der Waals surface area contributed by atoms with Crippen LogP contribution in [0.3, 0.4) is 0 Å². The Labute approximate surface area is 109 Å². The number of hydrogen-bond donors (Lipinski definition) is 1. The third kappa shape index (κ3) is 2.30. The second-order valence-electron chi connectivity index (χ2n) is 4.10. The highest BCUT2D eigenvalue weighted by atomic mass is 79.9. The molecule has 1 aromatic carbocycles. The maximum atomic E-state index is 11.9. The highest BCUT2D eigenvalue weighted by Gasteiger charge is 2.31. The second kappa shape index (κ2) is 5.06. The van der Waals surface area contributed by atoms with E-state index in [1.807, 2.05) is 18.2 Å².